The van der Waals surface area contributed by atoms with Crippen LogP contribution in [-0.4, -0.2) is 64.1 Å². The van der Waals surface area contributed by atoms with Crippen LogP contribution in [0.2, 0.25) is 0 Å². The second kappa shape index (κ2) is 7.41. The number of aliphatic carboxylic acids is 1. The number of hydrogen-bond acceptors (Lipinski definition) is 5. The van der Waals surface area contributed by atoms with E-state index in [-0.39, 0.29) is 26.3 Å². The number of rotatable bonds is 7. The molecule has 20 heavy (non-hydrogen) atoms. The predicted octanol–water partition coefficient (Wildman–Crippen LogP) is -1.68. The Kier molecular flexibility index (Phi) is 6.17. The normalized spacial score (nSPS) is 22.4. The van der Waals surface area contributed by atoms with E-state index < -0.39 is 34.0 Å². The van der Waals surface area contributed by atoms with Crippen LogP contribution in [0.15, 0.2) is 0 Å². The molecule has 2 atom stereocenters. The fraction of sp³-hybridized carbons (Fsp3) is 0.800. The lowest BCUT2D eigenvalue weighted by molar-refractivity contribution is -0.142. The summed E-state index contributed by atoms with van der Waals surface area (Å²) in [6.07, 6.45) is 1.49. The fourth-order valence-corrected chi connectivity index (χ4v) is 2.22. The van der Waals surface area contributed by atoms with E-state index in [0.29, 0.717) is 6.42 Å². The molecule has 2 unspecified atom stereocenters. The van der Waals surface area contributed by atoms with Gasteiger partial charge in [0.1, 0.15) is 5.92 Å². The molecule has 9 nitrogen and oxygen atoms in total. The molecular weight excluding hydrogens is 290 g/mol. The van der Waals surface area contributed by atoms with Crippen LogP contribution < -0.4 is 15.4 Å². The van der Waals surface area contributed by atoms with Crippen molar-refractivity contribution in [1.82, 2.24) is 15.4 Å². The van der Waals surface area contributed by atoms with Crippen LogP contribution in [0.3, 0.4) is 0 Å². The third-order valence-corrected chi connectivity index (χ3v) is 3.45. The standard InChI is InChI=1S/C10H19N3O6S/c1-20(17,18)12-4-2-3-11-10(16)13-8-6-19-5-7(8)9(14)15/h7-8,12H,2-6H2,1H3,(H,14,15)(H2,11,13,16). The number of urea groups is 1. The molecule has 10 heteroatoms. The van der Waals surface area contributed by atoms with E-state index in [9.17, 15) is 18.0 Å². The summed E-state index contributed by atoms with van der Waals surface area (Å²) in [4.78, 5) is 22.4. The summed E-state index contributed by atoms with van der Waals surface area (Å²) in [5.41, 5.74) is 0. The molecule has 1 fully saturated rings. The van der Waals surface area contributed by atoms with Gasteiger partial charge in [0.15, 0.2) is 0 Å². The Morgan fingerprint density at radius 1 is 1.30 bits per heavy atom. The molecule has 0 spiro atoms. The Bertz CT molecular complexity index is 452. The Morgan fingerprint density at radius 2 is 2.00 bits per heavy atom. The molecule has 1 heterocycles. The van der Waals surface area contributed by atoms with Crippen molar-refractivity contribution in [3.63, 3.8) is 0 Å². The van der Waals surface area contributed by atoms with Gasteiger partial charge in [-0.25, -0.2) is 17.9 Å². The van der Waals surface area contributed by atoms with Crippen molar-refractivity contribution in [2.45, 2.75) is 12.5 Å². The smallest absolute Gasteiger partial charge is 0.315 e. The number of hydrogen-bond donors (Lipinski definition) is 4. The molecule has 0 saturated carbocycles. The van der Waals surface area contributed by atoms with Crippen LogP contribution in [0.5, 0.6) is 0 Å². The third-order valence-electron chi connectivity index (χ3n) is 2.72. The number of amides is 2. The van der Waals surface area contributed by atoms with Crippen molar-refractivity contribution in [3.8, 4) is 0 Å². The van der Waals surface area contributed by atoms with Crippen molar-refractivity contribution >= 4 is 22.0 Å². The number of nitrogens with one attached hydrogen (secondary N) is 3. The van der Waals surface area contributed by atoms with Crippen LogP contribution in [0, 0.1) is 5.92 Å². The maximum Gasteiger partial charge on any atom is 0.315 e. The van der Waals surface area contributed by atoms with Gasteiger partial charge >= 0.3 is 12.0 Å². The average molecular weight is 309 g/mol. The molecule has 1 saturated heterocycles. The minimum absolute atomic E-state index is 0.0819. The van der Waals surface area contributed by atoms with Crippen LogP contribution in [0.25, 0.3) is 0 Å². The summed E-state index contributed by atoms with van der Waals surface area (Å²) >= 11 is 0. The number of carboxylic acid groups (broad SMARTS) is 1. The molecular formula is C10H19N3O6S. The maximum atomic E-state index is 11.5. The summed E-state index contributed by atoms with van der Waals surface area (Å²) in [5, 5.41) is 13.9. The second-order valence-corrected chi connectivity index (χ2v) is 6.34. The van der Waals surface area contributed by atoms with Crippen LogP contribution in [0.4, 0.5) is 4.79 Å². The van der Waals surface area contributed by atoms with E-state index in [0.717, 1.165) is 6.26 Å². The molecule has 1 aliphatic rings. The Morgan fingerprint density at radius 3 is 2.60 bits per heavy atom. The van der Waals surface area contributed by atoms with Crippen LogP contribution in [0.1, 0.15) is 6.42 Å². The quantitative estimate of drug-likeness (QED) is 0.415. The van der Waals surface area contributed by atoms with E-state index in [1.165, 1.54) is 0 Å². The van der Waals surface area contributed by atoms with E-state index in [4.69, 9.17) is 9.84 Å². The van der Waals surface area contributed by atoms with Gasteiger partial charge in [-0.15, -0.1) is 0 Å². The highest BCUT2D eigenvalue weighted by Gasteiger charge is 2.34. The molecule has 2 amide bonds. The number of carbonyl (C=O) groups excluding carboxylic acids is 1. The monoisotopic (exact) mass is 309 g/mol. The lowest BCUT2D eigenvalue weighted by Crippen LogP contribution is -2.47. The van der Waals surface area contributed by atoms with Gasteiger partial charge in [-0.05, 0) is 6.42 Å². The zero-order valence-electron chi connectivity index (χ0n) is 11.1. The SMILES string of the molecule is CS(=O)(=O)NCCCNC(=O)NC1COCC1C(=O)O. The topological polar surface area (TPSA) is 134 Å². The highest BCUT2D eigenvalue weighted by atomic mass is 32.2. The van der Waals surface area contributed by atoms with Crippen molar-refractivity contribution in [1.29, 1.82) is 0 Å². The third kappa shape index (κ3) is 6.17. The first-order chi connectivity index (χ1) is 9.29. The molecule has 0 aromatic carbocycles. The molecule has 0 bridgehead atoms. The summed E-state index contributed by atoms with van der Waals surface area (Å²) in [5.74, 6) is -1.75. The maximum absolute atomic E-state index is 11.5. The number of carboxylic acids is 1. The molecule has 116 valence electrons. The molecule has 0 radical (unpaired) electrons. The van der Waals surface area contributed by atoms with Crippen LogP contribution in [-0.2, 0) is 19.6 Å². The van der Waals surface area contributed by atoms with Crippen LogP contribution >= 0.6 is 0 Å². The zero-order chi connectivity index (χ0) is 15.2. The first kappa shape index (κ1) is 16.7. The summed E-state index contributed by atoms with van der Waals surface area (Å²) < 4.78 is 28.9. The Labute approximate surface area is 117 Å². The van der Waals surface area contributed by atoms with Crippen molar-refractivity contribution < 1.29 is 27.9 Å². The van der Waals surface area contributed by atoms with Crippen molar-refractivity contribution in [2.24, 2.45) is 5.92 Å². The molecule has 0 aliphatic carbocycles. The van der Waals surface area contributed by atoms with E-state index >= 15 is 0 Å². The Balaban J connectivity index is 2.19. The zero-order valence-corrected chi connectivity index (χ0v) is 11.9. The van der Waals surface area contributed by atoms with Gasteiger partial charge < -0.3 is 20.5 Å². The predicted molar refractivity (Wildman–Crippen MR) is 69.7 cm³/mol. The molecule has 4 N–H and O–H groups in total. The lowest BCUT2D eigenvalue weighted by atomic mass is 10.0. The largest absolute Gasteiger partial charge is 0.481 e. The number of ether oxygens (including phenoxy) is 1. The van der Waals surface area contributed by atoms with Gasteiger partial charge in [-0.1, -0.05) is 0 Å². The Hall–Kier alpha value is -1.39. The van der Waals surface area contributed by atoms with Crippen molar-refractivity contribution in [2.75, 3.05) is 32.6 Å². The number of sulfonamides is 1. The average Bonchev–Trinajstić information content (AvgIpc) is 2.75. The summed E-state index contributed by atoms with van der Waals surface area (Å²) in [6, 6.07) is -1.05. The van der Waals surface area contributed by atoms with Gasteiger partial charge in [0.05, 0.1) is 25.5 Å². The first-order valence-corrected chi connectivity index (χ1v) is 7.98. The molecule has 1 aliphatic heterocycles. The summed E-state index contributed by atoms with van der Waals surface area (Å²) in [6.45, 7) is 0.752. The van der Waals surface area contributed by atoms with Gasteiger partial charge in [-0.3, -0.25) is 4.79 Å². The minimum Gasteiger partial charge on any atom is -0.481 e. The van der Waals surface area contributed by atoms with Gasteiger partial charge in [-0.2, -0.15) is 0 Å². The second-order valence-electron chi connectivity index (χ2n) is 4.51. The molecule has 0 aromatic heterocycles. The minimum atomic E-state index is -3.22. The van der Waals surface area contributed by atoms with Gasteiger partial charge in [0.2, 0.25) is 10.0 Å². The van der Waals surface area contributed by atoms with E-state index in [1.807, 2.05) is 0 Å². The number of carbonyl (C=O) groups is 2. The van der Waals surface area contributed by atoms with Gasteiger partial charge in [0, 0.05) is 13.1 Å². The highest BCUT2D eigenvalue weighted by molar-refractivity contribution is 7.88. The highest BCUT2D eigenvalue weighted by Crippen LogP contribution is 2.13. The van der Waals surface area contributed by atoms with E-state index in [1.54, 1.807) is 0 Å². The van der Waals surface area contributed by atoms with E-state index in [2.05, 4.69) is 15.4 Å². The molecule has 1 rings (SSSR count). The fourth-order valence-electron chi connectivity index (χ4n) is 1.71. The summed E-state index contributed by atoms with van der Waals surface area (Å²) in [7, 11) is -3.22. The first-order valence-electron chi connectivity index (χ1n) is 6.09. The lowest BCUT2D eigenvalue weighted by Gasteiger charge is -2.16. The molecule has 0 aromatic rings. The van der Waals surface area contributed by atoms with Crippen molar-refractivity contribution in [3.05, 3.63) is 0 Å². The van der Waals surface area contributed by atoms with Gasteiger partial charge in [0.25, 0.3) is 0 Å².